The molecule has 1 aromatic heterocycles. The molecule has 61 heavy (non-hydrogen) atoms. The van der Waals surface area contributed by atoms with Gasteiger partial charge >= 0.3 is 0 Å². The van der Waals surface area contributed by atoms with E-state index in [1.165, 1.54) is 0 Å². The maximum absolute atomic E-state index is 9.75. The molecule has 0 bridgehead atoms. The summed E-state index contributed by atoms with van der Waals surface area (Å²) in [5.41, 5.74) is 4.57. The molecule has 14 rings (SSSR count). The predicted molar refractivity (Wildman–Crippen MR) is 260 cm³/mol. The molecule has 14 aromatic rings. The number of furan rings is 1. The molecule has 0 atom stereocenters. The SMILES string of the molecule is [2H]c1c([2H])c2c([2H])c([2H])c3c([2H])c([2H])c(-c4cc(-c5ccc6oc7ccccc7c6c5)cc(-c5ccc(-c6c([2H])c([2H])c7c([2H])c([2H])c8c([2H])c([2H])c([2H])c9c([2H])c([2H])c6c7c89)c6ccccc56)c4)c4c([2H])c([2H])c(c1[2H])c2c34. The first kappa shape index (κ1) is 20.3. The topological polar surface area (TPSA) is 13.1 Å². The molecule has 0 fully saturated rings. The largest absolute Gasteiger partial charge is 0.456 e. The molecular formula is C60H34O. The molecule has 0 N–H and O–H groups in total. The van der Waals surface area contributed by atoms with Gasteiger partial charge in [0.2, 0.25) is 0 Å². The lowest BCUT2D eigenvalue weighted by Crippen LogP contribution is -1.91. The number of hydrogen-bond acceptors (Lipinski definition) is 1. The van der Waals surface area contributed by atoms with Crippen molar-refractivity contribution in [2.75, 3.05) is 0 Å². The summed E-state index contributed by atoms with van der Waals surface area (Å²) >= 11 is 0. The highest BCUT2D eigenvalue weighted by Crippen LogP contribution is 2.46. The third-order valence-corrected chi connectivity index (χ3v) is 12.1. The first-order chi connectivity index (χ1) is 37.7. The summed E-state index contributed by atoms with van der Waals surface area (Å²) in [7, 11) is 0. The van der Waals surface area contributed by atoms with Crippen LogP contribution in [0.3, 0.4) is 0 Å². The average molecular weight is 789 g/mol. The smallest absolute Gasteiger partial charge is 0.135 e. The van der Waals surface area contributed by atoms with E-state index in [4.69, 9.17) is 18.1 Å². The van der Waals surface area contributed by atoms with E-state index in [1.807, 2.05) is 60.7 Å². The fourth-order valence-corrected chi connectivity index (χ4v) is 9.31. The number of para-hydroxylation sites is 1. The quantitative estimate of drug-likeness (QED) is 0.162. The molecule has 0 saturated heterocycles. The number of fused-ring (bicyclic) bond motifs is 4. The van der Waals surface area contributed by atoms with Crippen LogP contribution >= 0.6 is 0 Å². The van der Waals surface area contributed by atoms with Crippen LogP contribution in [0, 0.1) is 0 Å². The van der Waals surface area contributed by atoms with Crippen LogP contribution in [-0.4, -0.2) is 0 Å². The average Bonchev–Trinajstić information content (AvgIpc) is 3.05. The molecule has 1 heteroatoms. The van der Waals surface area contributed by atoms with Crippen molar-refractivity contribution in [1.29, 1.82) is 0 Å². The van der Waals surface area contributed by atoms with Gasteiger partial charge in [-0.1, -0.05) is 169 Å². The van der Waals surface area contributed by atoms with Crippen molar-refractivity contribution >= 4 is 97.3 Å². The van der Waals surface area contributed by atoms with E-state index in [2.05, 4.69) is 0 Å². The highest BCUT2D eigenvalue weighted by atomic mass is 16.3. The molecule has 0 radical (unpaired) electrons. The van der Waals surface area contributed by atoms with Gasteiger partial charge in [-0.15, -0.1) is 0 Å². The summed E-state index contributed by atoms with van der Waals surface area (Å²) in [6.07, 6.45) is 0. The molecule has 1 heterocycles. The van der Waals surface area contributed by atoms with Crippen LogP contribution in [-0.2, 0) is 0 Å². The summed E-state index contributed by atoms with van der Waals surface area (Å²) in [6, 6.07) is 21.0. The number of hydrogen-bond donors (Lipinski definition) is 0. The lowest BCUT2D eigenvalue weighted by atomic mass is 9.85. The van der Waals surface area contributed by atoms with Gasteiger partial charge in [-0.2, -0.15) is 0 Å². The Morgan fingerprint density at radius 3 is 1.43 bits per heavy atom. The third kappa shape index (κ3) is 4.72. The van der Waals surface area contributed by atoms with E-state index in [-0.39, 0.29) is 81.8 Å². The highest BCUT2D eigenvalue weighted by Gasteiger charge is 2.19. The van der Waals surface area contributed by atoms with Crippen molar-refractivity contribution in [3.63, 3.8) is 0 Å². The van der Waals surface area contributed by atoms with E-state index in [0.717, 1.165) is 10.8 Å². The molecule has 0 aliphatic heterocycles. The van der Waals surface area contributed by atoms with E-state index in [1.54, 1.807) is 36.4 Å². The molecular weight excluding hydrogens is 737 g/mol. The molecule has 0 aliphatic carbocycles. The minimum absolute atomic E-state index is 0.00587. The fourth-order valence-electron chi connectivity index (χ4n) is 9.31. The standard InChI is InChI=1S/C60H34O/c1-2-12-48-47(11-1)45(28-29-49(48)50-25-20-40-18-16-36-8-6-10-38-22-27-53(50)60(40)58(36)38)43-31-42(41-23-30-56-54(34-41)51-13-3-4-14-55(51)61-56)32-44(33-43)46-24-19-39-17-15-35-7-5-9-37-21-26-52(46)59(39)57(35)37/h1-34H/i5D,6D,7D,8D,9D,10D,15D,16D,17D,18D,19D,20D,21D,22D,24D,25D,26D,27D. The maximum atomic E-state index is 9.75. The first-order valence-corrected chi connectivity index (χ1v) is 19.7. The van der Waals surface area contributed by atoms with Crippen molar-refractivity contribution in [3.8, 4) is 44.5 Å². The Balaban J connectivity index is 1.10. The molecule has 0 unspecified atom stereocenters. The molecule has 0 aliphatic rings. The normalized spacial score (nSPS) is 16.4. The second-order valence-electron chi connectivity index (χ2n) is 15.3. The molecule has 280 valence electrons. The summed E-state index contributed by atoms with van der Waals surface area (Å²) in [5.74, 6) is 0. The van der Waals surface area contributed by atoms with Gasteiger partial charge in [0.15, 0.2) is 0 Å². The van der Waals surface area contributed by atoms with Crippen LogP contribution in [0.1, 0.15) is 24.7 Å². The van der Waals surface area contributed by atoms with Crippen molar-refractivity contribution < 1.29 is 29.1 Å². The predicted octanol–water partition coefficient (Wildman–Crippen LogP) is 17.2. The number of rotatable bonds is 4. The van der Waals surface area contributed by atoms with Crippen molar-refractivity contribution in [2.45, 2.75) is 0 Å². The van der Waals surface area contributed by atoms with Gasteiger partial charge in [-0.05, 0) is 156 Å². The van der Waals surface area contributed by atoms with Crippen molar-refractivity contribution in [3.05, 3.63) is 206 Å². The van der Waals surface area contributed by atoms with Crippen molar-refractivity contribution in [1.82, 2.24) is 0 Å². The van der Waals surface area contributed by atoms with Crippen LogP contribution in [0.5, 0.6) is 0 Å². The Kier molecular flexibility index (Phi) is 4.08. The van der Waals surface area contributed by atoms with Crippen LogP contribution < -0.4 is 0 Å². The van der Waals surface area contributed by atoms with Crippen molar-refractivity contribution in [2.24, 2.45) is 0 Å². The Hall–Kier alpha value is -8.00. The first-order valence-electron chi connectivity index (χ1n) is 28.7. The minimum atomic E-state index is -0.574. The molecule has 0 amide bonds. The minimum Gasteiger partial charge on any atom is -0.456 e. The molecule has 0 saturated carbocycles. The Morgan fingerprint density at radius 1 is 0.279 bits per heavy atom. The zero-order valence-corrected chi connectivity index (χ0v) is 31.6. The van der Waals surface area contributed by atoms with E-state index >= 15 is 0 Å². The zero-order chi connectivity index (χ0) is 55.4. The van der Waals surface area contributed by atoms with Gasteiger partial charge in [-0.25, -0.2) is 0 Å². The summed E-state index contributed by atoms with van der Waals surface area (Å²) in [4.78, 5) is 0. The van der Waals surface area contributed by atoms with Gasteiger partial charge in [0, 0.05) is 10.8 Å². The Labute approximate surface area is 376 Å². The summed E-state index contributed by atoms with van der Waals surface area (Å²) < 4.78 is 171. The lowest BCUT2D eigenvalue weighted by molar-refractivity contribution is 0.669. The zero-order valence-electron chi connectivity index (χ0n) is 49.6. The van der Waals surface area contributed by atoms with Gasteiger partial charge in [0.25, 0.3) is 0 Å². The monoisotopic (exact) mass is 788 g/mol. The second-order valence-corrected chi connectivity index (χ2v) is 15.3. The maximum Gasteiger partial charge on any atom is 0.135 e. The highest BCUT2D eigenvalue weighted by molar-refractivity contribution is 6.27. The van der Waals surface area contributed by atoms with Gasteiger partial charge < -0.3 is 4.42 Å². The second kappa shape index (κ2) is 12.3. The molecule has 0 spiro atoms. The molecule has 13 aromatic carbocycles. The molecule has 1 nitrogen and oxygen atoms in total. The third-order valence-electron chi connectivity index (χ3n) is 12.1. The Bertz CT molecular complexity index is 5130. The summed E-state index contributed by atoms with van der Waals surface area (Å²) in [6.45, 7) is 0. The van der Waals surface area contributed by atoms with Crippen LogP contribution in [0.4, 0.5) is 0 Å². The van der Waals surface area contributed by atoms with Gasteiger partial charge in [0.05, 0.1) is 24.7 Å². The Morgan fingerprint density at radius 2 is 0.754 bits per heavy atom. The van der Waals surface area contributed by atoms with Gasteiger partial charge in [0.1, 0.15) is 11.2 Å². The van der Waals surface area contributed by atoms with Crippen LogP contribution in [0.2, 0.25) is 0 Å². The lowest BCUT2D eigenvalue weighted by Gasteiger charge is -2.18. The van der Waals surface area contributed by atoms with E-state index in [9.17, 15) is 11.0 Å². The van der Waals surface area contributed by atoms with Crippen LogP contribution in [0.15, 0.2) is 210 Å². The van der Waals surface area contributed by atoms with Crippen LogP contribution in [0.25, 0.3) is 142 Å². The summed E-state index contributed by atoms with van der Waals surface area (Å²) in [5, 5.41) is 2.03. The number of benzene rings is 13. The van der Waals surface area contributed by atoms with Gasteiger partial charge in [-0.3, -0.25) is 0 Å². The fraction of sp³-hybridized carbons (Fsp3) is 0. The van der Waals surface area contributed by atoms with E-state index < -0.39 is 103 Å². The van der Waals surface area contributed by atoms with E-state index in [0.29, 0.717) is 55.3 Å².